The summed E-state index contributed by atoms with van der Waals surface area (Å²) in [6.07, 6.45) is -29.9. The fraction of sp³-hybridized carbons (Fsp3) is 0.659. The molecule has 5 heterocycles. The molecule has 0 aromatic heterocycles. The van der Waals surface area contributed by atoms with Gasteiger partial charge in [-0.2, -0.15) is 0 Å². The summed E-state index contributed by atoms with van der Waals surface area (Å²) < 4.78 is 49.6. The predicted octanol–water partition coefficient (Wildman–Crippen LogP) is -7.59. The van der Waals surface area contributed by atoms with Crippen molar-refractivity contribution in [3.63, 3.8) is 0 Å². The first-order chi connectivity index (χ1) is 68.0. The second-order valence-corrected chi connectivity index (χ2v) is 38.4. The van der Waals surface area contributed by atoms with Crippen molar-refractivity contribution in [3.05, 3.63) is 70.4 Å². The van der Waals surface area contributed by atoms with E-state index in [1.807, 2.05) is 0 Å². The lowest BCUT2D eigenvalue weighted by molar-refractivity contribution is -0.299. The number of benzene rings is 3. The van der Waals surface area contributed by atoms with Gasteiger partial charge in [0.25, 0.3) is 0 Å². The van der Waals surface area contributed by atoms with Gasteiger partial charge in [-0.3, -0.25) is 47.9 Å². The van der Waals surface area contributed by atoms with Gasteiger partial charge in [-0.15, -0.1) is 47.0 Å². The summed E-state index contributed by atoms with van der Waals surface area (Å²) in [4.78, 5) is 150. The number of phenolic OH excluding ortho intramolecular Hbond substituents is 1. The first-order valence-corrected chi connectivity index (χ1v) is 51.2. The molecule has 0 radical (unpaired) electrons. The topological polar surface area (TPSA) is 785 Å². The number of aliphatic hydroxyl groups is 16. The third kappa shape index (κ3) is 37.6. The van der Waals surface area contributed by atoms with Crippen LogP contribution in [0.3, 0.4) is 0 Å². The molecule has 54 heteroatoms. The summed E-state index contributed by atoms with van der Waals surface area (Å²) >= 11 is 9.96. The Labute approximate surface area is 837 Å². The minimum atomic E-state index is -1.74. The van der Waals surface area contributed by atoms with E-state index in [4.69, 9.17) is 60.3 Å². The van der Waals surface area contributed by atoms with Gasteiger partial charge in [-0.25, -0.2) is 4.79 Å². The first-order valence-electron chi connectivity index (χ1n) is 46.2. The average Bonchev–Trinajstić information content (AvgIpc) is 0.744. The lowest BCUT2D eigenvalue weighted by Gasteiger charge is -2.39. The number of thiocarbonyl (C=S) groups is 1. The number of fused-ring (bicyclic) bond motifs is 2. The second kappa shape index (κ2) is 62.0. The molecule has 24 atom stereocenters. The predicted molar refractivity (Wildman–Crippen MR) is 515 cm³/mol. The van der Waals surface area contributed by atoms with Crippen LogP contribution < -0.4 is 64.3 Å². The summed E-state index contributed by atoms with van der Waals surface area (Å²) in [5.74, 6) is -7.66. The summed E-state index contributed by atoms with van der Waals surface area (Å²) in [7, 11) is 0. The third-order valence-electron chi connectivity index (χ3n) is 23.0. The standard InChI is InChI=1S/C88H131N11O38S5/c89-61(106)19-24-93-80(124)52(10-4-8-23-94-88(138)95-44-13-16-47(50(33-44)83(127)128)66-48-17-14-45(104)34-55(48)133-56-35-46(105)15-18-49(56)66)98-82(126)54(99-81(125)53(97-65(110)43-142-32-28-132-87-78(122)74(118)70(114)60(39-103)137-87)11-2-6-21-91-63(108)41-140-30-26-130-85-76(120)72(116)68(112)58(37-101)135-85)12-3-7-22-92-79(123)51(96-64(109)42-141-31-27-131-86-77(121)73(117)69(113)59(38-102)136-86)9-1-5-20-90-62(107)40-139-29-25-129-84-75(119)71(115)67(111)57(36-100)134-84/h13-18,33-35,51-54,57-60,67-78,84-87,100-104,111-122H,1-12,19-32,36-43H2,(H2,89,106)(H,90,107)(H,91,108)(H,92,123)(H,93,124)(H,96,109)(H,97,110)(H,98,126)(H,99,125)(H,127,128)(H2,94,95,138)/t51-,52-,53-,54-,57+,58+,59+,60+,67+,68+,69+,70+,71-,72-,73-,74-,75-,76-,77-,78-,84-,85-,86-,87-/m0/s1. The molecule has 8 rings (SSSR count). The highest BCUT2D eigenvalue weighted by Gasteiger charge is 2.48. The van der Waals surface area contributed by atoms with Crippen LogP contribution in [0.15, 0.2) is 63.8 Å². The highest BCUT2D eigenvalue weighted by molar-refractivity contribution is 8.00. The van der Waals surface area contributed by atoms with Gasteiger partial charge in [0.05, 0.1) is 81.4 Å². The Bertz CT molecular complexity index is 4700. The molecule has 5 aliphatic heterocycles. The van der Waals surface area contributed by atoms with Crippen molar-refractivity contribution in [3.8, 4) is 28.2 Å². The molecule has 0 bridgehead atoms. The number of primary amides is 1. The van der Waals surface area contributed by atoms with E-state index >= 15 is 4.79 Å². The maximum absolute atomic E-state index is 15.1. The molecular formula is C88H131N11O38S5. The molecule has 0 unspecified atom stereocenters. The zero-order valence-corrected chi connectivity index (χ0v) is 81.5. The number of ether oxygens (including phenoxy) is 8. The number of nitrogens with one attached hydrogen (secondary N) is 10. The van der Waals surface area contributed by atoms with Crippen molar-refractivity contribution >= 4 is 140 Å². The maximum atomic E-state index is 15.1. The molecule has 142 heavy (non-hydrogen) atoms. The van der Waals surface area contributed by atoms with E-state index in [2.05, 4.69) is 53.2 Å². The molecule has 6 aliphatic rings. The number of rotatable bonds is 62. The number of aromatic carboxylic acids is 1. The van der Waals surface area contributed by atoms with Crippen molar-refractivity contribution in [1.82, 2.24) is 47.9 Å². The van der Waals surface area contributed by atoms with E-state index in [1.165, 1.54) is 36.4 Å². The van der Waals surface area contributed by atoms with Gasteiger partial charge < -0.3 is 193 Å². The minimum Gasteiger partial charge on any atom is -0.508 e. The van der Waals surface area contributed by atoms with E-state index in [9.17, 15) is 140 Å². The Morgan fingerprint density at radius 2 is 0.761 bits per heavy atom. The number of anilines is 1. The van der Waals surface area contributed by atoms with E-state index in [-0.39, 0.29) is 233 Å². The summed E-state index contributed by atoms with van der Waals surface area (Å²) in [6.45, 7) is -3.34. The molecule has 2 aromatic rings. The van der Waals surface area contributed by atoms with Crippen LogP contribution >= 0.6 is 59.3 Å². The van der Waals surface area contributed by atoms with Gasteiger partial charge in [-0.1, -0.05) is 6.07 Å². The van der Waals surface area contributed by atoms with Gasteiger partial charge >= 0.3 is 5.97 Å². The van der Waals surface area contributed by atoms with E-state index in [0.717, 1.165) is 47.0 Å². The van der Waals surface area contributed by atoms with Gasteiger partial charge in [0.2, 0.25) is 53.2 Å². The van der Waals surface area contributed by atoms with Crippen molar-refractivity contribution in [2.24, 2.45) is 5.73 Å². The number of amides is 9. The van der Waals surface area contributed by atoms with E-state index in [0.29, 0.717) is 22.9 Å². The number of aliphatic hydroxyl groups excluding tert-OH is 16. The molecule has 4 saturated heterocycles. The zero-order valence-electron chi connectivity index (χ0n) is 77.4. The molecule has 0 spiro atoms. The number of carbonyl (C=O) groups is 10. The lowest BCUT2D eigenvalue weighted by Crippen LogP contribution is -2.59. The van der Waals surface area contributed by atoms with Crippen LogP contribution in [0.25, 0.3) is 33.4 Å². The lowest BCUT2D eigenvalue weighted by atomic mass is 9.90. The van der Waals surface area contributed by atoms with Crippen molar-refractivity contribution in [2.75, 3.05) is 137 Å². The van der Waals surface area contributed by atoms with Gasteiger partial charge in [0, 0.05) is 96.5 Å². The van der Waals surface area contributed by atoms with Crippen LogP contribution in [0.2, 0.25) is 0 Å². The Morgan fingerprint density at radius 3 is 1.15 bits per heavy atom. The molecule has 4 fully saturated rings. The highest BCUT2D eigenvalue weighted by atomic mass is 32.2. The van der Waals surface area contributed by atoms with Crippen LogP contribution in [0.5, 0.6) is 5.75 Å². The van der Waals surface area contributed by atoms with Gasteiger partial charge in [0.1, 0.15) is 139 Å². The van der Waals surface area contributed by atoms with Crippen molar-refractivity contribution < 1.29 is 182 Å². The monoisotopic (exact) mass is 2110 g/mol. The zero-order chi connectivity index (χ0) is 104. The Balaban J connectivity index is 0.953. The quantitative estimate of drug-likeness (QED) is 0.0111. The summed E-state index contributed by atoms with van der Waals surface area (Å²) in [5.41, 5.74) is 6.35. The van der Waals surface area contributed by atoms with Crippen LogP contribution in [0, 0.1) is 0 Å². The molecule has 0 saturated carbocycles. The van der Waals surface area contributed by atoms with Gasteiger partial charge in [-0.05, 0) is 131 Å². The van der Waals surface area contributed by atoms with Gasteiger partial charge in [0.15, 0.2) is 35.7 Å². The number of hydrogen-bond donors (Lipinski definition) is 29. The summed E-state index contributed by atoms with van der Waals surface area (Å²) in [6, 6.07) is 7.23. The number of aromatic hydroxyl groups is 1. The maximum Gasteiger partial charge on any atom is 0.336 e. The molecular weight excluding hydrogens is 1980 g/mol. The Hall–Kier alpha value is -8.24. The number of carboxylic acids is 1. The normalized spacial score (nSPS) is 25.3. The second-order valence-electron chi connectivity index (χ2n) is 33.6. The number of nitrogens with two attached hydrogens (primary N) is 1. The fourth-order valence-electron chi connectivity index (χ4n) is 15.2. The number of unbranched alkanes of at least 4 members (excludes halogenated alkanes) is 4. The fourth-order valence-corrected chi connectivity index (χ4v) is 18.0. The van der Waals surface area contributed by atoms with Crippen molar-refractivity contribution in [2.45, 2.75) is 230 Å². The number of carbonyl (C=O) groups excluding carboxylic acids is 9. The smallest absolute Gasteiger partial charge is 0.336 e. The summed E-state index contributed by atoms with van der Waals surface area (Å²) in [5, 5.41) is 211. The molecule has 2 aromatic carbocycles. The van der Waals surface area contributed by atoms with E-state index in [1.54, 1.807) is 18.2 Å². The number of carboxylic acid groups (broad SMARTS) is 1. The average molecular weight is 2110 g/mol. The molecule has 9 amide bonds. The number of phenols is 1. The van der Waals surface area contributed by atoms with Crippen LogP contribution in [0.1, 0.15) is 93.8 Å². The third-order valence-corrected chi connectivity index (χ3v) is 26.9. The van der Waals surface area contributed by atoms with Crippen LogP contribution in [-0.4, -0.2) is 435 Å². The molecule has 30 N–H and O–H groups in total. The SMILES string of the molecule is NC(=O)CCNC(=O)[C@H](CCCCNC(=S)Nc1ccc(-c2c3ccc(=O)cc-3oc3cc(O)ccc23)c(C(=O)O)c1)NC(=O)[C@H](CCCCNC(=O)[C@H](CCCCNC(=O)CSCCO[C@H]1O[C@H](CO)[C@@H](O)[C@H](O)[C@@H]1O)NC(=O)CSCCO[C@H]1O[C@H](CO)[C@@H](O)[C@H](O)[C@@H]1O)NC(=O)[C@H](CCCCNC(=O)CSCCO[C@H]1O[C@H](CO)[C@@H](O)[C@H](O)[C@@H]1O)NC(=O)CSCCO[C@H]1O[C@H](CO)[C@@H](O)[C@H](O)[C@@H]1O. The van der Waals surface area contributed by atoms with Crippen LogP contribution in [-0.2, 0) is 81.0 Å². The molecule has 1 aliphatic carbocycles. The number of hydrogen-bond acceptors (Lipinski definition) is 42. The number of thioether (sulfide) groups is 4. The minimum absolute atomic E-state index is 0.0219. The Kier molecular flexibility index (Phi) is 52.0. The molecule has 796 valence electrons. The largest absolute Gasteiger partial charge is 0.508 e. The molecule has 49 nitrogen and oxygen atoms in total. The van der Waals surface area contributed by atoms with Crippen molar-refractivity contribution in [1.29, 1.82) is 0 Å². The first kappa shape index (κ1) is 119. The van der Waals surface area contributed by atoms with Crippen LogP contribution in [0.4, 0.5) is 5.69 Å². The van der Waals surface area contributed by atoms with E-state index < -0.39 is 227 Å². The Morgan fingerprint density at radius 1 is 0.401 bits per heavy atom. The highest BCUT2D eigenvalue weighted by Crippen LogP contribution is 2.43.